The lowest BCUT2D eigenvalue weighted by molar-refractivity contribution is -0.160. The number of cyclic esters (lactones) is 2. The smallest absolute Gasteiger partial charge is 0.329 e. The maximum absolute atomic E-state index is 15.2. The average molecular weight is 1100 g/mol. The van der Waals surface area contributed by atoms with E-state index in [2.05, 4.69) is 41.2 Å². The van der Waals surface area contributed by atoms with Crippen LogP contribution in [0, 0.1) is 11.8 Å². The Labute approximate surface area is 453 Å². The summed E-state index contributed by atoms with van der Waals surface area (Å²) in [6.45, 7) is 7.69. The molecule has 2 aliphatic rings. The van der Waals surface area contributed by atoms with Crippen LogP contribution < -0.4 is 21.3 Å². The zero-order chi connectivity index (χ0) is 56.6. The van der Waals surface area contributed by atoms with Crippen LogP contribution in [0.5, 0.6) is 0 Å². The maximum atomic E-state index is 15.2. The molecule has 8 amide bonds. The average Bonchev–Trinajstić information content (AvgIpc) is 3.40. The van der Waals surface area contributed by atoms with E-state index in [-0.39, 0.29) is 17.1 Å². The number of carbonyl (C=O) groups is 10. The number of amides is 8. The molecule has 4 heterocycles. The van der Waals surface area contributed by atoms with Crippen LogP contribution in [-0.2, 0) is 47.8 Å². The molecule has 77 heavy (non-hydrogen) atoms. The first-order valence-electron chi connectivity index (χ1n) is 24.7. The minimum Gasteiger partial charge on any atom is -0.461 e. The number of fused-ring (bicyclic) bond motifs is 6. The lowest BCUT2D eigenvalue weighted by atomic mass is 10.0. The van der Waals surface area contributed by atoms with Crippen molar-refractivity contribution in [2.45, 2.75) is 94.5 Å². The van der Waals surface area contributed by atoms with Gasteiger partial charge in [0.25, 0.3) is 11.8 Å². The van der Waals surface area contributed by atoms with Crippen molar-refractivity contribution in [3.8, 4) is 0 Å². The molecule has 24 nitrogen and oxygen atoms in total. The van der Waals surface area contributed by atoms with E-state index in [0.29, 0.717) is 22.1 Å². The number of nitrogens with one attached hydrogen (secondary N) is 4. The predicted octanol–water partition coefficient (Wildman–Crippen LogP) is 0.635. The summed E-state index contributed by atoms with van der Waals surface area (Å²) in [5.41, 5.74) is 1.38. The summed E-state index contributed by atoms with van der Waals surface area (Å²) in [4.78, 5) is 166. The van der Waals surface area contributed by atoms with Crippen LogP contribution in [0.25, 0.3) is 22.1 Å². The molecule has 2 aliphatic heterocycles. The van der Waals surface area contributed by atoms with E-state index in [9.17, 15) is 38.4 Å². The highest BCUT2D eigenvalue weighted by molar-refractivity contribution is 8.16. The van der Waals surface area contributed by atoms with E-state index in [4.69, 9.17) is 9.47 Å². The predicted molar refractivity (Wildman–Crippen MR) is 284 cm³/mol. The van der Waals surface area contributed by atoms with Gasteiger partial charge in [-0.2, -0.15) is 0 Å². The first-order valence-corrected chi connectivity index (χ1v) is 27.0. The summed E-state index contributed by atoms with van der Waals surface area (Å²) in [7, 11) is 5.32. The molecule has 0 aliphatic carbocycles. The van der Waals surface area contributed by atoms with Gasteiger partial charge in [-0.25, -0.2) is 19.6 Å². The van der Waals surface area contributed by atoms with Crippen molar-refractivity contribution in [3.63, 3.8) is 0 Å². The van der Waals surface area contributed by atoms with Crippen molar-refractivity contribution in [2.24, 2.45) is 11.8 Å². The Hall–Kier alpha value is -7.48. The lowest BCUT2D eigenvalue weighted by Gasteiger charge is -2.40. The number of aromatic nitrogens is 4. The molecular formula is C51H64N12O12S2. The Morgan fingerprint density at radius 3 is 1.43 bits per heavy atom. The largest absolute Gasteiger partial charge is 0.461 e. The fraction of sp³-hybridized carbons (Fsp3) is 0.490. The van der Waals surface area contributed by atoms with Gasteiger partial charge in [0.05, 0.1) is 39.0 Å². The number of nitrogens with zero attached hydrogens (tertiary/aromatic N) is 8. The molecule has 2 aromatic heterocycles. The van der Waals surface area contributed by atoms with Crippen molar-refractivity contribution < 1.29 is 57.4 Å². The van der Waals surface area contributed by atoms with Gasteiger partial charge in [-0.3, -0.25) is 48.3 Å². The van der Waals surface area contributed by atoms with Crippen molar-refractivity contribution in [3.05, 3.63) is 72.3 Å². The van der Waals surface area contributed by atoms with Crippen LogP contribution in [0.1, 0.15) is 62.5 Å². The number of para-hydroxylation sites is 4. The van der Waals surface area contributed by atoms with Crippen LogP contribution in [0.3, 0.4) is 0 Å². The molecule has 0 saturated carbocycles. The number of likely N-dealkylation sites (N-methyl/N-ethyl adjacent to an activating group) is 4. The van der Waals surface area contributed by atoms with Crippen LogP contribution in [0.4, 0.5) is 0 Å². The molecular weight excluding hydrogens is 1040 g/mol. The first-order chi connectivity index (χ1) is 36.4. The minimum atomic E-state index is -1.66. The summed E-state index contributed by atoms with van der Waals surface area (Å²) in [5, 5.41) is 10.2. The lowest BCUT2D eigenvalue weighted by Crippen LogP contribution is -2.60. The SMILES string of the molecule is CS[C@H]1SC[C@@H]2C(=O)N(C)[C@@H](C(C)C)C(=O)OC[C@@H](NC(=O)c3cnc4ccccc4n3)C(=O)N[C@@H](C)C(=O)N(C)[C@@H]1C(=O)N(C)[C@@H](C(C)C)C(=O)OC[C@@H](NC(=O)c1cnc3ccccc3n1)C(=O)N[C@@H](C)C(=O)N2C. The molecule has 4 aromatic rings. The molecule has 4 N–H and O–H groups in total. The summed E-state index contributed by atoms with van der Waals surface area (Å²) in [5.74, 6) is -10.4. The molecule has 26 heteroatoms. The summed E-state index contributed by atoms with van der Waals surface area (Å²) in [6.07, 6.45) is 4.06. The van der Waals surface area contributed by atoms with Gasteiger partial charge in [0.15, 0.2) is 0 Å². The fourth-order valence-corrected chi connectivity index (χ4v) is 11.4. The van der Waals surface area contributed by atoms with E-state index in [0.717, 1.165) is 43.1 Å². The van der Waals surface area contributed by atoms with Gasteiger partial charge in [0.2, 0.25) is 35.4 Å². The molecule has 2 fully saturated rings. The number of esters is 2. The van der Waals surface area contributed by atoms with Gasteiger partial charge >= 0.3 is 11.9 Å². The monoisotopic (exact) mass is 1100 g/mol. The van der Waals surface area contributed by atoms with Crippen molar-refractivity contribution in [1.82, 2.24) is 60.8 Å². The van der Waals surface area contributed by atoms with Gasteiger partial charge in [-0.05, 0) is 56.2 Å². The van der Waals surface area contributed by atoms with Gasteiger partial charge in [-0.1, -0.05) is 52.0 Å². The number of thioether (sulfide) groups is 2. The summed E-state index contributed by atoms with van der Waals surface area (Å²) in [6, 6.07) is 1.79. The molecule has 6 rings (SSSR count). The van der Waals surface area contributed by atoms with E-state index in [1.165, 1.54) is 54.4 Å². The third-order valence-corrected chi connectivity index (χ3v) is 16.0. The van der Waals surface area contributed by atoms with Crippen LogP contribution in [0.2, 0.25) is 0 Å². The zero-order valence-electron chi connectivity index (χ0n) is 44.5. The molecule has 2 saturated heterocycles. The van der Waals surface area contributed by atoms with Crippen molar-refractivity contribution >= 4 is 105 Å². The molecule has 9 atom stereocenters. The molecule has 2 bridgehead atoms. The van der Waals surface area contributed by atoms with Gasteiger partial charge in [0, 0.05) is 33.9 Å². The normalized spacial score (nSPS) is 25.4. The van der Waals surface area contributed by atoms with Crippen LogP contribution >= 0.6 is 23.5 Å². The highest BCUT2D eigenvalue weighted by Crippen LogP contribution is 2.32. The minimum absolute atomic E-state index is 0.182. The highest BCUT2D eigenvalue weighted by atomic mass is 32.2. The van der Waals surface area contributed by atoms with Crippen molar-refractivity contribution in [1.29, 1.82) is 0 Å². The van der Waals surface area contributed by atoms with Gasteiger partial charge in [0.1, 0.15) is 72.9 Å². The second kappa shape index (κ2) is 25.6. The number of carbonyl (C=O) groups excluding carboxylic acids is 10. The Bertz CT molecular complexity index is 2930. The molecule has 0 radical (unpaired) electrons. The standard InChI is InChI=1S/C51H64N12O12S2/c1-25(2)38-49(72)74-22-36(59-42(65)34-21-53-30-17-13-15-19-32(30)57-34)44(67)55-28(6)46(69)63(10)40-48(71)62(9)39(26(3)4)50(73)75-23-35(58-41(64)33-20-52-29-16-12-14-18-31(29)56-33)43(66)54-27(5)45(68)60(7)37(47(70)61(38)8)24-77-51(40)76-11/h12-21,25-28,35-40,51H,22-24H2,1-11H3,(H,54,66)(H,55,67)(H,58,64)(H,59,65)/t27-,28-,35+,36+,37+,38-,39-,40+,51-/m0/s1. The topological polar surface area (TPSA) is 302 Å². The highest BCUT2D eigenvalue weighted by Gasteiger charge is 2.45. The van der Waals surface area contributed by atoms with Crippen LogP contribution in [0.15, 0.2) is 60.9 Å². The number of rotatable bonds is 7. The first kappa shape index (κ1) is 58.8. The number of benzene rings is 2. The Balaban J connectivity index is 1.43. The number of ether oxygens (including phenoxy) is 2. The second-order valence-corrected chi connectivity index (χ2v) is 21.8. The van der Waals surface area contributed by atoms with Gasteiger partial charge < -0.3 is 50.3 Å². The fourth-order valence-electron chi connectivity index (χ4n) is 8.88. The number of hydrogen-bond acceptors (Lipinski definition) is 18. The van der Waals surface area contributed by atoms with E-state index < -0.39 is 137 Å². The van der Waals surface area contributed by atoms with Crippen molar-refractivity contribution in [2.75, 3.05) is 53.4 Å². The zero-order valence-corrected chi connectivity index (χ0v) is 46.2. The molecule has 2 aromatic carbocycles. The van der Waals surface area contributed by atoms with E-state index >= 15 is 9.59 Å². The molecule has 0 spiro atoms. The summed E-state index contributed by atoms with van der Waals surface area (Å²) < 4.78 is 10.5. The van der Waals surface area contributed by atoms with Crippen LogP contribution in [-0.4, -0.2) is 205 Å². The molecule has 412 valence electrons. The Morgan fingerprint density at radius 2 is 1.01 bits per heavy atom. The van der Waals surface area contributed by atoms with E-state index in [1.807, 2.05) is 0 Å². The second-order valence-electron chi connectivity index (χ2n) is 19.3. The molecule has 0 unspecified atom stereocenters. The number of hydrogen-bond donors (Lipinski definition) is 4. The Morgan fingerprint density at radius 1 is 0.610 bits per heavy atom. The quantitative estimate of drug-likeness (QED) is 0.185. The van der Waals surface area contributed by atoms with E-state index in [1.54, 1.807) is 82.5 Å². The Kier molecular flexibility index (Phi) is 19.5. The third kappa shape index (κ3) is 13.6. The maximum Gasteiger partial charge on any atom is 0.329 e. The van der Waals surface area contributed by atoms with Gasteiger partial charge in [-0.15, -0.1) is 23.5 Å². The summed E-state index contributed by atoms with van der Waals surface area (Å²) >= 11 is 2.16. The third-order valence-electron chi connectivity index (χ3n) is 13.2.